The fourth-order valence-electron chi connectivity index (χ4n) is 4.57. The average molecular weight is 513 g/mol. The van der Waals surface area contributed by atoms with Crippen LogP contribution >= 0.6 is 0 Å². The number of aryl methyl sites for hydroxylation is 1. The molecule has 0 unspecified atom stereocenters. The summed E-state index contributed by atoms with van der Waals surface area (Å²) in [5, 5.41) is 13.5. The quantitative estimate of drug-likeness (QED) is 0.265. The third-order valence-electron chi connectivity index (χ3n) is 7.10. The zero-order chi connectivity index (χ0) is 27.6. The minimum absolute atomic E-state index is 0.0995. The first-order valence-corrected chi connectivity index (χ1v) is 12.9. The number of ether oxygens (including phenoxy) is 1. The van der Waals surface area contributed by atoms with Crippen LogP contribution in [0.3, 0.4) is 0 Å². The normalized spacial score (nSPS) is 11.7. The molecule has 4 aromatic rings. The third kappa shape index (κ3) is 5.75. The van der Waals surface area contributed by atoms with Gasteiger partial charge in [0.05, 0.1) is 0 Å². The van der Waals surface area contributed by atoms with Gasteiger partial charge in [-0.3, -0.25) is 4.79 Å². The number of benzene rings is 3. The molecule has 1 aromatic heterocycles. The predicted molar refractivity (Wildman–Crippen MR) is 151 cm³/mol. The lowest BCUT2D eigenvalue weighted by Gasteiger charge is -2.22. The van der Waals surface area contributed by atoms with Crippen LogP contribution < -0.4 is 10.1 Å². The fraction of sp³-hybridized carbons (Fsp3) is 0.312. The van der Waals surface area contributed by atoms with E-state index in [2.05, 4.69) is 49.7 Å². The summed E-state index contributed by atoms with van der Waals surface area (Å²) in [7, 11) is 0. The number of hydrogen-bond acceptors (Lipinski definition) is 3. The standard InChI is InChI=1S/C32H36N2O4/c1-20(2)25-11-7-9-23(15-25)18-33-30(35)26-13-14-29-28(17-26)21(3)22(4)34(29)19-24-10-8-12-27(16-24)38-32(5,6)31(36)37/h7-17,20H,18-19H2,1-6H3,(H,33,35)(H,36,37). The molecule has 1 heterocycles. The van der Waals surface area contributed by atoms with Gasteiger partial charge in [0.2, 0.25) is 0 Å². The summed E-state index contributed by atoms with van der Waals surface area (Å²) in [5.41, 5.74) is 5.92. The van der Waals surface area contributed by atoms with Crippen molar-refractivity contribution in [3.63, 3.8) is 0 Å². The highest BCUT2D eigenvalue weighted by Crippen LogP contribution is 2.28. The molecule has 0 saturated carbocycles. The molecule has 0 aliphatic carbocycles. The number of carboxylic acids is 1. The molecule has 0 aliphatic heterocycles. The number of aromatic nitrogens is 1. The number of carbonyl (C=O) groups is 2. The second-order valence-electron chi connectivity index (χ2n) is 10.7. The van der Waals surface area contributed by atoms with Gasteiger partial charge in [0.15, 0.2) is 5.60 Å². The van der Waals surface area contributed by atoms with E-state index in [0.29, 0.717) is 30.3 Å². The van der Waals surface area contributed by atoms with Crippen molar-refractivity contribution in [2.24, 2.45) is 0 Å². The number of nitrogens with zero attached hydrogens (tertiary/aromatic N) is 1. The van der Waals surface area contributed by atoms with Crippen LogP contribution in [0.4, 0.5) is 0 Å². The largest absolute Gasteiger partial charge is 0.478 e. The van der Waals surface area contributed by atoms with Gasteiger partial charge in [0.25, 0.3) is 5.91 Å². The number of hydrogen-bond donors (Lipinski definition) is 2. The van der Waals surface area contributed by atoms with Crippen molar-refractivity contribution in [3.8, 4) is 5.75 Å². The molecule has 0 atom stereocenters. The van der Waals surface area contributed by atoms with Crippen molar-refractivity contribution in [3.05, 3.63) is 100 Å². The van der Waals surface area contributed by atoms with Crippen LogP contribution in [-0.4, -0.2) is 27.2 Å². The molecule has 0 aliphatic rings. The van der Waals surface area contributed by atoms with Gasteiger partial charge in [-0.15, -0.1) is 0 Å². The number of amides is 1. The maximum absolute atomic E-state index is 13.0. The smallest absolute Gasteiger partial charge is 0.347 e. The summed E-state index contributed by atoms with van der Waals surface area (Å²) in [5.74, 6) is -0.166. The van der Waals surface area contributed by atoms with E-state index in [9.17, 15) is 14.7 Å². The van der Waals surface area contributed by atoms with Gasteiger partial charge >= 0.3 is 5.97 Å². The number of carbonyl (C=O) groups excluding carboxylic acids is 1. The molecule has 2 N–H and O–H groups in total. The Morgan fingerprint density at radius 1 is 0.974 bits per heavy atom. The molecular weight excluding hydrogens is 476 g/mol. The minimum atomic E-state index is -1.32. The Kier molecular flexibility index (Phi) is 7.63. The van der Waals surface area contributed by atoms with Crippen molar-refractivity contribution in [1.82, 2.24) is 9.88 Å². The molecule has 0 radical (unpaired) electrons. The molecule has 38 heavy (non-hydrogen) atoms. The van der Waals surface area contributed by atoms with Crippen LogP contribution in [0.15, 0.2) is 66.7 Å². The molecule has 0 spiro atoms. The molecule has 1 amide bonds. The van der Waals surface area contributed by atoms with Crippen molar-refractivity contribution in [2.75, 3.05) is 0 Å². The zero-order valence-electron chi connectivity index (χ0n) is 23.0. The molecular formula is C32H36N2O4. The monoisotopic (exact) mass is 512 g/mol. The van der Waals surface area contributed by atoms with Gasteiger partial charge < -0.3 is 19.7 Å². The maximum atomic E-state index is 13.0. The number of fused-ring (bicyclic) bond motifs is 1. The summed E-state index contributed by atoms with van der Waals surface area (Å²) < 4.78 is 7.94. The summed E-state index contributed by atoms with van der Waals surface area (Å²) in [4.78, 5) is 24.5. The molecule has 198 valence electrons. The molecule has 0 fully saturated rings. The highest BCUT2D eigenvalue weighted by atomic mass is 16.5. The number of aliphatic carboxylic acids is 1. The average Bonchev–Trinajstić information content (AvgIpc) is 3.11. The predicted octanol–water partition coefficient (Wildman–Crippen LogP) is 6.60. The van der Waals surface area contributed by atoms with E-state index in [1.165, 1.54) is 19.4 Å². The third-order valence-corrected chi connectivity index (χ3v) is 7.10. The van der Waals surface area contributed by atoms with E-state index in [-0.39, 0.29) is 5.91 Å². The van der Waals surface area contributed by atoms with E-state index < -0.39 is 11.6 Å². The summed E-state index contributed by atoms with van der Waals surface area (Å²) in [6.45, 7) is 12.6. The second kappa shape index (κ2) is 10.7. The van der Waals surface area contributed by atoms with Gasteiger partial charge in [0.1, 0.15) is 5.75 Å². The second-order valence-corrected chi connectivity index (χ2v) is 10.7. The van der Waals surface area contributed by atoms with Crippen LogP contribution in [0.2, 0.25) is 0 Å². The minimum Gasteiger partial charge on any atom is -0.478 e. The summed E-state index contributed by atoms with van der Waals surface area (Å²) >= 11 is 0. The number of rotatable bonds is 9. The summed E-state index contributed by atoms with van der Waals surface area (Å²) in [6.07, 6.45) is 0. The van der Waals surface area contributed by atoms with Crippen LogP contribution in [0, 0.1) is 13.8 Å². The Hall–Kier alpha value is -4.06. The Balaban J connectivity index is 1.54. The SMILES string of the molecule is Cc1c(C)n(Cc2cccc(OC(C)(C)C(=O)O)c2)c2ccc(C(=O)NCc3cccc(C(C)C)c3)cc12. The van der Waals surface area contributed by atoms with E-state index in [1.54, 1.807) is 6.07 Å². The van der Waals surface area contributed by atoms with Crippen molar-refractivity contribution < 1.29 is 19.4 Å². The van der Waals surface area contributed by atoms with E-state index in [4.69, 9.17) is 4.74 Å². The van der Waals surface area contributed by atoms with E-state index in [1.807, 2.05) is 48.5 Å². The first-order valence-electron chi connectivity index (χ1n) is 12.9. The van der Waals surface area contributed by atoms with Crippen LogP contribution in [0.1, 0.15) is 71.9 Å². The van der Waals surface area contributed by atoms with Crippen molar-refractivity contribution >= 4 is 22.8 Å². The lowest BCUT2D eigenvalue weighted by Crippen LogP contribution is -2.37. The first-order chi connectivity index (χ1) is 18.0. The first kappa shape index (κ1) is 27.0. The Bertz CT molecular complexity index is 1500. The molecule has 3 aromatic carbocycles. The van der Waals surface area contributed by atoms with E-state index >= 15 is 0 Å². The van der Waals surface area contributed by atoms with Crippen LogP contribution in [-0.2, 0) is 17.9 Å². The maximum Gasteiger partial charge on any atom is 0.347 e. The number of nitrogens with one attached hydrogen (secondary N) is 1. The molecule has 0 saturated heterocycles. The van der Waals surface area contributed by atoms with Crippen molar-refractivity contribution in [1.29, 1.82) is 0 Å². The summed E-state index contributed by atoms with van der Waals surface area (Å²) in [6, 6.07) is 21.7. The fourth-order valence-corrected chi connectivity index (χ4v) is 4.57. The van der Waals surface area contributed by atoms with Gasteiger partial charge in [0, 0.05) is 35.2 Å². The lowest BCUT2D eigenvalue weighted by molar-refractivity contribution is -0.152. The molecule has 6 nitrogen and oxygen atoms in total. The number of carboxylic acid groups (broad SMARTS) is 1. The highest BCUT2D eigenvalue weighted by Gasteiger charge is 2.29. The van der Waals surface area contributed by atoms with Gasteiger partial charge in [-0.25, -0.2) is 4.79 Å². The van der Waals surface area contributed by atoms with Crippen LogP contribution in [0.25, 0.3) is 10.9 Å². The Morgan fingerprint density at radius 3 is 2.39 bits per heavy atom. The molecule has 0 bridgehead atoms. The topological polar surface area (TPSA) is 80.6 Å². The Labute approximate surface area is 224 Å². The van der Waals surface area contributed by atoms with Gasteiger partial charge in [-0.2, -0.15) is 0 Å². The van der Waals surface area contributed by atoms with Crippen LogP contribution in [0.5, 0.6) is 5.75 Å². The lowest BCUT2D eigenvalue weighted by atomic mass is 10.0. The van der Waals surface area contributed by atoms with Gasteiger partial charge in [-0.1, -0.05) is 50.2 Å². The molecule has 6 heteroatoms. The van der Waals surface area contributed by atoms with E-state index in [0.717, 1.165) is 33.3 Å². The molecule has 4 rings (SSSR count). The van der Waals surface area contributed by atoms with Gasteiger partial charge in [-0.05, 0) is 86.2 Å². The Morgan fingerprint density at radius 2 is 1.68 bits per heavy atom. The van der Waals surface area contributed by atoms with Crippen molar-refractivity contribution in [2.45, 2.75) is 66.2 Å². The highest BCUT2D eigenvalue weighted by molar-refractivity contribution is 5.99. The zero-order valence-corrected chi connectivity index (χ0v) is 23.0.